The van der Waals surface area contributed by atoms with E-state index in [1.807, 2.05) is 0 Å². The summed E-state index contributed by atoms with van der Waals surface area (Å²) in [6, 6.07) is 8.40. The number of hydrogen-bond donors (Lipinski definition) is 0. The van der Waals surface area contributed by atoms with Crippen molar-refractivity contribution in [2.24, 2.45) is 0 Å². The summed E-state index contributed by atoms with van der Waals surface area (Å²) in [5, 5.41) is 0. The first-order valence-corrected chi connectivity index (χ1v) is 6.46. The van der Waals surface area contributed by atoms with E-state index >= 15 is 0 Å². The van der Waals surface area contributed by atoms with Gasteiger partial charge in [-0.3, -0.25) is 4.79 Å². The summed E-state index contributed by atoms with van der Waals surface area (Å²) in [4.78, 5) is 12.0. The van der Waals surface area contributed by atoms with Crippen LogP contribution in [0.15, 0.2) is 42.5 Å². The lowest BCUT2D eigenvalue weighted by Crippen LogP contribution is -2.02. The Hall–Kier alpha value is -2.69. The van der Waals surface area contributed by atoms with E-state index in [0.29, 0.717) is 17.1 Å². The van der Waals surface area contributed by atoms with E-state index in [4.69, 9.17) is 9.47 Å². The minimum atomic E-state index is -0.896. The molecular formula is C17H14F2O3. The lowest BCUT2D eigenvalue weighted by atomic mass is 10.1. The molecule has 0 radical (unpaired) electrons. The Morgan fingerprint density at radius 3 is 2.23 bits per heavy atom. The van der Waals surface area contributed by atoms with Gasteiger partial charge in [0.15, 0.2) is 17.3 Å². The lowest BCUT2D eigenvalue weighted by Gasteiger charge is -2.09. The van der Waals surface area contributed by atoms with Crippen molar-refractivity contribution in [3.05, 3.63) is 65.2 Å². The van der Waals surface area contributed by atoms with E-state index in [1.54, 1.807) is 18.2 Å². The topological polar surface area (TPSA) is 35.5 Å². The molecule has 0 heterocycles. The number of ketones is 1. The smallest absolute Gasteiger partial charge is 0.191 e. The molecular weight excluding hydrogens is 290 g/mol. The number of para-hydroxylation sites is 1. The molecule has 2 aromatic rings. The van der Waals surface area contributed by atoms with E-state index < -0.39 is 23.0 Å². The Labute approximate surface area is 126 Å². The van der Waals surface area contributed by atoms with Gasteiger partial charge >= 0.3 is 0 Å². The van der Waals surface area contributed by atoms with E-state index in [-0.39, 0.29) is 0 Å². The third-order valence-corrected chi connectivity index (χ3v) is 3.06. The van der Waals surface area contributed by atoms with Crippen LogP contribution in [-0.2, 0) is 0 Å². The highest BCUT2D eigenvalue weighted by atomic mass is 19.1. The van der Waals surface area contributed by atoms with Crippen LogP contribution in [0.5, 0.6) is 11.5 Å². The monoisotopic (exact) mass is 304 g/mol. The van der Waals surface area contributed by atoms with Crippen LogP contribution >= 0.6 is 0 Å². The van der Waals surface area contributed by atoms with E-state index in [0.717, 1.165) is 18.2 Å². The number of halogens is 2. The number of rotatable bonds is 5. The Balaban J connectivity index is 2.35. The van der Waals surface area contributed by atoms with Crippen LogP contribution in [0.3, 0.4) is 0 Å². The third kappa shape index (κ3) is 3.14. The summed E-state index contributed by atoms with van der Waals surface area (Å²) < 4.78 is 37.5. The van der Waals surface area contributed by atoms with Crippen LogP contribution in [0.2, 0.25) is 0 Å². The fourth-order valence-electron chi connectivity index (χ4n) is 2.03. The van der Waals surface area contributed by atoms with Gasteiger partial charge in [0, 0.05) is 5.56 Å². The number of allylic oxidation sites excluding steroid dienone is 1. The minimum Gasteiger partial charge on any atom is -0.493 e. The average Bonchev–Trinajstić information content (AvgIpc) is 2.52. The van der Waals surface area contributed by atoms with Crippen LogP contribution in [0.4, 0.5) is 8.78 Å². The van der Waals surface area contributed by atoms with Crippen molar-refractivity contribution in [3.8, 4) is 11.5 Å². The Morgan fingerprint density at radius 1 is 1.00 bits per heavy atom. The first kappa shape index (κ1) is 15.7. The van der Waals surface area contributed by atoms with Crippen molar-refractivity contribution in [3.63, 3.8) is 0 Å². The molecule has 0 fully saturated rings. The predicted molar refractivity (Wildman–Crippen MR) is 79.3 cm³/mol. The maximum Gasteiger partial charge on any atom is 0.191 e. The first-order chi connectivity index (χ1) is 10.6. The normalized spacial score (nSPS) is 10.7. The average molecular weight is 304 g/mol. The first-order valence-electron chi connectivity index (χ1n) is 6.46. The highest BCUT2D eigenvalue weighted by molar-refractivity contribution is 6.07. The molecule has 0 aliphatic rings. The standard InChI is InChI=1S/C17H14F2O3/c1-21-15-8-3-5-11(17(15)22-2)9-10-14(20)16-12(18)6-4-7-13(16)19/h3-10H,1-2H3/b10-9+. The van der Waals surface area contributed by atoms with Gasteiger partial charge in [0.1, 0.15) is 11.6 Å². The molecule has 0 amide bonds. The van der Waals surface area contributed by atoms with Crippen molar-refractivity contribution < 1.29 is 23.0 Å². The summed E-state index contributed by atoms with van der Waals surface area (Å²) in [5.74, 6) is -1.63. The Morgan fingerprint density at radius 2 is 1.64 bits per heavy atom. The second kappa shape index (κ2) is 6.85. The van der Waals surface area contributed by atoms with Crippen LogP contribution in [0, 0.1) is 11.6 Å². The molecule has 0 bridgehead atoms. The highest BCUT2D eigenvalue weighted by Crippen LogP contribution is 2.31. The fourth-order valence-corrected chi connectivity index (χ4v) is 2.03. The van der Waals surface area contributed by atoms with Gasteiger partial charge in [-0.1, -0.05) is 18.2 Å². The summed E-state index contributed by atoms with van der Waals surface area (Å²) >= 11 is 0. The number of carbonyl (C=O) groups is 1. The van der Waals surface area contributed by atoms with Gasteiger partial charge in [0.05, 0.1) is 19.8 Å². The van der Waals surface area contributed by atoms with Gasteiger partial charge in [-0.25, -0.2) is 8.78 Å². The van der Waals surface area contributed by atoms with Crippen molar-refractivity contribution in [1.82, 2.24) is 0 Å². The Bertz CT molecular complexity index is 704. The SMILES string of the molecule is COc1cccc(/C=C/C(=O)c2c(F)cccc2F)c1OC. The molecule has 0 atom stereocenters. The molecule has 2 aromatic carbocycles. The molecule has 114 valence electrons. The molecule has 3 nitrogen and oxygen atoms in total. The van der Waals surface area contributed by atoms with Crippen LogP contribution < -0.4 is 9.47 Å². The molecule has 22 heavy (non-hydrogen) atoms. The van der Waals surface area contributed by atoms with Gasteiger partial charge in [-0.2, -0.15) is 0 Å². The van der Waals surface area contributed by atoms with Gasteiger partial charge < -0.3 is 9.47 Å². The minimum absolute atomic E-state index is 0.433. The van der Waals surface area contributed by atoms with Gasteiger partial charge in [0.25, 0.3) is 0 Å². The second-order valence-electron chi connectivity index (χ2n) is 4.38. The summed E-state index contributed by atoms with van der Waals surface area (Å²) in [5.41, 5.74) is -0.0208. The van der Waals surface area contributed by atoms with Crippen LogP contribution in [0.25, 0.3) is 6.08 Å². The summed E-state index contributed by atoms with van der Waals surface area (Å²) in [6.07, 6.45) is 2.52. The fraction of sp³-hybridized carbons (Fsp3) is 0.118. The zero-order valence-corrected chi connectivity index (χ0v) is 12.1. The Kier molecular flexibility index (Phi) is 4.88. The number of ether oxygens (including phenoxy) is 2. The van der Waals surface area contributed by atoms with E-state index in [1.165, 1.54) is 26.4 Å². The molecule has 0 spiro atoms. The largest absolute Gasteiger partial charge is 0.493 e. The number of hydrogen-bond acceptors (Lipinski definition) is 3. The maximum atomic E-state index is 13.6. The molecule has 2 rings (SSSR count). The van der Waals surface area contributed by atoms with Crippen molar-refractivity contribution in [2.75, 3.05) is 14.2 Å². The van der Waals surface area contributed by atoms with E-state index in [2.05, 4.69) is 0 Å². The number of benzene rings is 2. The molecule has 0 saturated carbocycles. The van der Waals surface area contributed by atoms with E-state index in [9.17, 15) is 13.6 Å². The maximum absolute atomic E-state index is 13.6. The van der Waals surface area contributed by atoms with Crippen molar-refractivity contribution in [1.29, 1.82) is 0 Å². The molecule has 0 aliphatic carbocycles. The number of carbonyl (C=O) groups excluding carboxylic acids is 1. The van der Waals surface area contributed by atoms with Gasteiger partial charge in [-0.15, -0.1) is 0 Å². The van der Waals surface area contributed by atoms with Crippen molar-refractivity contribution >= 4 is 11.9 Å². The summed E-state index contributed by atoms with van der Waals surface area (Å²) in [6.45, 7) is 0. The van der Waals surface area contributed by atoms with Gasteiger partial charge in [-0.05, 0) is 30.4 Å². The van der Waals surface area contributed by atoms with Gasteiger partial charge in [0.2, 0.25) is 0 Å². The zero-order valence-electron chi connectivity index (χ0n) is 12.1. The number of methoxy groups -OCH3 is 2. The molecule has 0 unspecified atom stereocenters. The lowest BCUT2D eigenvalue weighted by molar-refractivity contribution is 0.104. The molecule has 0 saturated heterocycles. The van der Waals surface area contributed by atoms with Crippen molar-refractivity contribution in [2.45, 2.75) is 0 Å². The molecule has 5 heteroatoms. The molecule has 0 aliphatic heterocycles. The molecule has 0 aromatic heterocycles. The summed E-state index contributed by atoms with van der Waals surface area (Å²) in [7, 11) is 2.96. The van der Waals surface area contributed by atoms with Crippen LogP contribution in [0.1, 0.15) is 15.9 Å². The second-order valence-corrected chi connectivity index (χ2v) is 4.38. The third-order valence-electron chi connectivity index (χ3n) is 3.06. The zero-order chi connectivity index (χ0) is 16.1. The highest BCUT2D eigenvalue weighted by Gasteiger charge is 2.15. The predicted octanol–water partition coefficient (Wildman–Crippen LogP) is 3.88. The quantitative estimate of drug-likeness (QED) is 0.621. The van der Waals surface area contributed by atoms with Crippen LogP contribution in [-0.4, -0.2) is 20.0 Å². The molecule has 0 N–H and O–H groups in total.